The van der Waals surface area contributed by atoms with Crippen molar-refractivity contribution in [3.8, 4) is 11.5 Å². The van der Waals surface area contributed by atoms with Gasteiger partial charge in [-0.2, -0.15) is 5.10 Å². The van der Waals surface area contributed by atoms with Crippen molar-refractivity contribution in [1.82, 2.24) is 5.43 Å². The highest BCUT2D eigenvalue weighted by molar-refractivity contribution is 7.92. The van der Waals surface area contributed by atoms with Crippen LogP contribution in [-0.2, 0) is 21.2 Å². The summed E-state index contributed by atoms with van der Waals surface area (Å²) in [5, 5.41) is 4.16. The first-order chi connectivity index (χ1) is 17.2. The van der Waals surface area contributed by atoms with E-state index in [2.05, 4.69) is 10.5 Å². The summed E-state index contributed by atoms with van der Waals surface area (Å²) in [4.78, 5) is 12.8. The van der Waals surface area contributed by atoms with E-state index >= 15 is 0 Å². The van der Waals surface area contributed by atoms with Crippen molar-refractivity contribution in [2.75, 3.05) is 25.1 Å². The maximum atomic E-state index is 13.6. The van der Waals surface area contributed by atoms with Crippen LogP contribution in [0.15, 0.2) is 82.8 Å². The Morgan fingerprint density at radius 3 is 2.25 bits per heavy atom. The first-order valence-corrected chi connectivity index (χ1v) is 12.9. The Morgan fingerprint density at radius 1 is 0.944 bits per heavy atom. The normalized spacial score (nSPS) is 11.6. The molecule has 0 radical (unpaired) electrons. The molecule has 1 N–H and O–H groups in total. The number of anilines is 1. The minimum Gasteiger partial charge on any atom is -0.493 e. The van der Waals surface area contributed by atoms with Crippen LogP contribution < -0.4 is 19.2 Å². The molecule has 0 heterocycles. The van der Waals surface area contributed by atoms with E-state index in [1.807, 2.05) is 44.2 Å². The number of methoxy groups -OCH3 is 2. The Kier molecular flexibility index (Phi) is 9.08. The Labute approximate surface area is 212 Å². The van der Waals surface area contributed by atoms with Crippen LogP contribution in [0.3, 0.4) is 0 Å². The van der Waals surface area contributed by atoms with Gasteiger partial charge in [-0.25, -0.2) is 13.8 Å². The van der Waals surface area contributed by atoms with Gasteiger partial charge in [-0.05, 0) is 56.5 Å². The molecule has 0 unspecified atom stereocenters. The lowest BCUT2D eigenvalue weighted by Crippen LogP contribution is -2.39. The van der Waals surface area contributed by atoms with E-state index in [-0.39, 0.29) is 10.6 Å². The molecule has 36 heavy (non-hydrogen) atoms. The fourth-order valence-electron chi connectivity index (χ4n) is 3.48. The Hall–Kier alpha value is -3.85. The molecule has 0 fully saturated rings. The Balaban J connectivity index is 1.81. The number of nitrogens with zero attached hydrogens (tertiary/aromatic N) is 2. The van der Waals surface area contributed by atoms with Crippen LogP contribution in [0.1, 0.15) is 24.5 Å². The maximum Gasteiger partial charge on any atom is 0.264 e. The van der Waals surface area contributed by atoms with Crippen molar-refractivity contribution in [3.63, 3.8) is 0 Å². The highest BCUT2D eigenvalue weighted by Crippen LogP contribution is 2.32. The molecule has 3 rings (SSSR count). The number of hydrogen-bond donors (Lipinski definition) is 1. The second-order valence-corrected chi connectivity index (χ2v) is 10.1. The van der Waals surface area contributed by atoms with Gasteiger partial charge in [-0.15, -0.1) is 0 Å². The molecule has 0 aliphatic carbocycles. The van der Waals surface area contributed by atoms with Gasteiger partial charge in [0.25, 0.3) is 15.9 Å². The summed E-state index contributed by atoms with van der Waals surface area (Å²) >= 11 is 0. The molecule has 9 heteroatoms. The number of hydrogen-bond acceptors (Lipinski definition) is 6. The van der Waals surface area contributed by atoms with Crippen LogP contribution in [0.2, 0.25) is 0 Å². The van der Waals surface area contributed by atoms with Gasteiger partial charge in [0.2, 0.25) is 0 Å². The molecule has 0 saturated carbocycles. The highest BCUT2D eigenvalue weighted by atomic mass is 32.2. The highest BCUT2D eigenvalue weighted by Gasteiger charge is 2.28. The molecule has 3 aromatic rings. The largest absolute Gasteiger partial charge is 0.493 e. The monoisotopic (exact) mass is 509 g/mol. The number of ether oxygens (including phenoxy) is 2. The lowest BCUT2D eigenvalue weighted by molar-refractivity contribution is -0.119. The van der Waals surface area contributed by atoms with Crippen LogP contribution in [-0.4, -0.2) is 40.8 Å². The summed E-state index contributed by atoms with van der Waals surface area (Å²) in [7, 11) is -1.22. The summed E-state index contributed by atoms with van der Waals surface area (Å²) < 4.78 is 38.8. The van der Waals surface area contributed by atoms with Crippen molar-refractivity contribution in [1.29, 1.82) is 0 Å². The molecule has 190 valence electrons. The predicted molar refractivity (Wildman–Crippen MR) is 141 cm³/mol. The molecule has 0 aromatic heterocycles. The Morgan fingerprint density at radius 2 is 1.61 bits per heavy atom. The number of amides is 1. The van der Waals surface area contributed by atoms with Gasteiger partial charge in [-0.1, -0.05) is 48.0 Å². The molecule has 0 spiro atoms. The van der Waals surface area contributed by atoms with Crippen LogP contribution in [0.4, 0.5) is 5.69 Å². The van der Waals surface area contributed by atoms with Gasteiger partial charge in [0, 0.05) is 11.8 Å². The molecule has 0 aliphatic rings. The third-order valence-electron chi connectivity index (χ3n) is 5.54. The average Bonchev–Trinajstić information content (AvgIpc) is 2.90. The number of carbonyl (C=O) groups excluding carboxylic acids is 1. The topological polar surface area (TPSA) is 97.3 Å². The minimum atomic E-state index is -4.12. The van der Waals surface area contributed by atoms with Crippen LogP contribution >= 0.6 is 0 Å². The smallest absolute Gasteiger partial charge is 0.264 e. The summed E-state index contributed by atoms with van der Waals surface area (Å²) in [5.74, 6) is 0.112. The molecule has 0 aliphatic heterocycles. The molecule has 0 bridgehead atoms. The third-order valence-corrected chi connectivity index (χ3v) is 7.31. The molecule has 8 nitrogen and oxygen atoms in total. The summed E-state index contributed by atoms with van der Waals surface area (Å²) in [6.07, 6.45) is 1.45. The van der Waals surface area contributed by atoms with E-state index in [4.69, 9.17) is 9.47 Å². The summed E-state index contributed by atoms with van der Waals surface area (Å²) in [6, 6.07) is 21.2. The Bertz CT molecular complexity index is 1310. The summed E-state index contributed by atoms with van der Waals surface area (Å²) in [6.45, 7) is 3.27. The number of nitrogens with one attached hydrogen (secondary N) is 1. The first-order valence-electron chi connectivity index (χ1n) is 11.4. The zero-order valence-corrected chi connectivity index (χ0v) is 21.7. The zero-order valence-electron chi connectivity index (χ0n) is 20.9. The molecule has 0 atom stereocenters. The van der Waals surface area contributed by atoms with Crippen LogP contribution in [0.25, 0.3) is 0 Å². The van der Waals surface area contributed by atoms with Crippen molar-refractivity contribution >= 4 is 27.3 Å². The number of rotatable bonds is 11. The zero-order chi connectivity index (χ0) is 26.1. The minimum absolute atomic E-state index is 0.0314. The van der Waals surface area contributed by atoms with E-state index in [0.717, 1.165) is 22.0 Å². The van der Waals surface area contributed by atoms with Gasteiger partial charge >= 0.3 is 0 Å². The number of sulfonamides is 1. The van der Waals surface area contributed by atoms with E-state index in [1.54, 1.807) is 24.3 Å². The summed E-state index contributed by atoms with van der Waals surface area (Å²) in [5.41, 5.74) is 5.72. The standard InChI is InChI=1S/C27H31N3O5S/c1-20-10-14-23(15-11-20)30(36(32,33)24-16-17-25(34-3)26(18-24)35-4)19-27(31)29-28-21(2)12-13-22-8-6-5-7-9-22/h5-11,14-18H,12-13,19H2,1-4H3,(H,29,31)/b28-21-. The lowest BCUT2D eigenvalue weighted by atomic mass is 10.1. The fourth-order valence-corrected chi connectivity index (χ4v) is 4.92. The van der Waals surface area contributed by atoms with E-state index < -0.39 is 22.5 Å². The van der Waals surface area contributed by atoms with Crippen LogP contribution in [0.5, 0.6) is 11.5 Å². The van der Waals surface area contributed by atoms with Gasteiger partial charge < -0.3 is 9.47 Å². The van der Waals surface area contributed by atoms with Gasteiger partial charge in [-0.3, -0.25) is 9.10 Å². The predicted octanol–water partition coefficient (Wildman–Crippen LogP) is 4.33. The number of hydrazone groups is 1. The SMILES string of the molecule is COc1ccc(S(=O)(=O)N(CC(=O)N/N=C(/C)CCc2ccccc2)c2ccc(C)cc2)cc1OC. The van der Waals surface area contributed by atoms with E-state index in [9.17, 15) is 13.2 Å². The van der Waals surface area contributed by atoms with Gasteiger partial charge in [0.15, 0.2) is 11.5 Å². The fraction of sp³-hybridized carbons (Fsp3) is 0.259. The third kappa shape index (κ3) is 6.85. The van der Waals surface area contributed by atoms with Gasteiger partial charge in [0.05, 0.1) is 24.8 Å². The second kappa shape index (κ2) is 12.2. The van der Waals surface area contributed by atoms with E-state index in [1.165, 1.54) is 38.0 Å². The molecular weight excluding hydrogens is 478 g/mol. The number of benzene rings is 3. The maximum absolute atomic E-state index is 13.6. The van der Waals surface area contributed by atoms with Crippen molar-refractivity contribution in [2.24, 2.45) is 5.10 Å². The number of carbonyl (C=O) groups is 1. The van der Waals surface area contributed by atoms with Crippen molar-refractivity contribution in [2.45, 2.75) is 31.6 Å². The second-order valence-electron chi connectivity index (χ2n) is 8.23. The van der Waals surface area contributed by atoms with E-state index in [0.29, 0.717) is 17.9 Å². The van der Waals surface area contributed by atoms with Gasteiger partial charge in [0.1, 0.15) is 6.54 Å². The first kappa shape index (κ1) is 26.7. The van der Waals surface area contributed by atoms with Crippen LogP contribution in [0, 0.1) is 6.92 Å². The molecular formula is C27H31N3O5S. The lowest BCUT2D eigenvalue weighted by Gasteiger charge is -2.24. The molecule has 3 aromatic carbocycles. The quantitative estimate of drug-likeness (QED) is 0.307. The number of aryl methyl sites for hydroxylation is 2. The molecule has 0 saturated heterocycles. The van der Waals surface area contributed by atoms with Crippen molar-refractivity contribution < 1.29 is 22.7 Å². The average molecular weight is 510 g/mol. The van der Waals surface area contributed by atoms with Crippen molar-refractivity contribution in [3.05, 3.63) is 83.9 Å². The molecule has 1 amide bonds.